The maximum absolute atomic E-state index is 12.9. The molecule has 0 aliphatic rings. The van der Waals surface area contributed by atoms with Gasteiger partial charge in [0.15, 0.2) is 0 Å². The van der Waals surface area contributed by atoms with E-state index in [9.17, 15) is 13.6 Å². The topological polar surface area (TPSA) is 56.1 Å². The largest absolute Gasteiger partial charge is 0.433 e. The number of rotatable bonds is 6. The Morgan fingerprint density at radius 3 is 2.74 bits per heavy atom. The standard InChI is InChI=1S/C22H18ClF2N3O2S/c1-12-6-5-9-17(30-22(24)25)19(12)26-20(29)18-10-15-13(2)27-28(21(15)31-18)11-14-7-3-4-8-16(14)23/h3-10,22H,11H2,1-2H3,(H,26,29). The fourth-order valence-corrected chi connectivity index (χ4v) is 4.54. The smallest absolute Gasteiger partial charge is 0.387 e. The van der Waals surface area contributed by atoms with E-state index in [1.165, 1.54) is 17.4 Å². The first kappa shape index (κ1) is 21.3. The van der Waals surface area contributed by atoms with E-state index in [0.717, 1.165) is 21.5 Å². The molecule has 31 heavy (non-hydrogen) atoms. The molecule has 0 atom stereocenters. The Bertz CT molecular complexity index is 1270. The molecule has 1 N–H and O–H groups in total. The molecule has 4 rings (SSSR count). The first-order chi connectivity index (χ1) is 14.8. The molecule has 0 spiro atoms. The Balaban J connectivity index is 1.64. The second kappa shape index (κ2) is 8.64. The number of carbonyl (C=O) groups excluding carboxylic acids is 1. The number of halogens is 3. The second-order valence-electron chi connectivity index (χ2n) is 6.94. The SMILES string of the molecule is Cc1cccc(OC(F)F)c1NC(=O)c1cc2c(C)nn(Cc3ccccc3Cl)c2s1. The van der Waals surface area contributed by atoms with Crippen LogP contribution in [0.25, 0.3) is 10.2 Å². The molecule has 0 aliphatic carbocycles. The van der Waals surface area contributed by atoms with Gasteiger partial charge in [0.2, 0.25) is 0 Å². The summed E-state index contributed by atoms with van der Waals surface area (Å²) in [7, 11) is 0. The summed E-state index contributed by atoms with van der Waals surface area (Å²) in [5.41, 5.74) is 2.55. The van der Waals surface area contributed by atoms with Gasteiger partial charge in [-0.2, -0.15) is 13.9 Å². The maximum atomic E-state index is 12.9. The number of benzene rings is 2. The molecule has 9 heteroatoms. The molecule has 0 unspecified atom stereocenters. The number of hydrogen-bond donors (Lipinski definition) is 1. The number of alkyl halides is 2. The van der Waals surface area contributed by atoms with Crippen molar-refractivity contribution >= 4 is 44.7 Å². The summed E-state index contributed by atoms with van der Waals surface area (Å²) in [5.74, 6) is -0.483. The van der Waals surface area contributed by atoms with E-state index >= 15 is 0 Å². The molecular formula is C22H18ClF2N3O2S. The van der Waals surface area contributed by atoms with Gasteiger partial charge in [-0.3, -0.25) is 9.48 Å². The summed E-state index contributed by atoms with van der Waals surface area (Å²) < 4.78 is 31.8. The highest BCUT2D eigenvalue weighted by atomic mass is 35.5. The van der Waals surface area contributed by atoms with Gasteiger partial charge in [-0.05, 0) is 43.2 Å². The van der Waals surface area contributed by atoms with Crippen LogP contribution in [-0.2, 0) is 6.54 Å². The van der Waals surface area contributed by atoms with Gasteiger partial charge in [0.05, 0.1) is 22.8 Å². The van der Waals surface area contributed by atoms with Gasteiger partial charge in [-0.25, -0.2) is 0 Å². The van der Waals surface area contributed by atoms with E-state index in [2.05, 4.69) is 15.2 Å². The third kappa shape index (κ3) is 4.40. The fourth-order valence-electron chi connectivity index (χ4n) is 3.29. The van der Waals surface area contributed by atoms with Crippen molar-refractivity contribution < 1.29 is 18.3 Å². The van der Waals surface area contributed by atoms with E-state index in [1.54, 1.807) is 25.1 Å². The molecule has 0 saturated carbocycles. The summed E-state index contributed by atoms with van der Waals surface area (Å²) in [5, 5.41) is 8.78. The van der Waals surface area contributed by atoms with Gasteiger partial charge in [0, 0.05) is 10.4 Å². The van der Waals surface area contributed by atoms with Crippen molar-refractivity contribution in [3.8, 4) is 5.75 Å². The molecule has 0 saturated heterocycles. The lowest BCUT2D eigenvalue weighted by atomic mass is 10.2. The van der Waals surface area contributed by atoms with Crippen LogP contribution in [0.1, 0.15) is 26.5 Å². The van der Waals surface area contributed by atoms with Gasteiger partial charge in [0.1, 0.15) is 10.6 Å². The molecule has 0 fully saturated rings. The normalized spacial score (nSPS) is 11.3. The van der Waals surface area contributed by atoms with Crippen molar-refractivity contribution in [3.05, 3.63) is 75.3 Å². The Hall–Kier alpha value is -2.97. The number of fused-ring (bicyclic) bond motifs is 1. The monoisotopic (exact) mass is 461 g/mol. The lowest BCUT2D eigenvalue weighted by molar-refractivity contribution is -0.0493. The Morgan fingerprint density at radius 1 is 1.23 bits per heavy atom. The van der Waals surface area contributed by atoms with Crippen LogP contribution >= 0.6 is 22.9 Å². The number of nitrogens with zero attached hydrogens (tertiary/aromatic N) is 2. The molecule has 0 bridgehead atoms. The highest BCUT2D eigenvalue weighted by molar-refractivity contribution is 7.20. The molecule has 4 aromatic rings. The van der Waals surface area contributed by atoms with E-state index in [4.69, 9.17) is 11.6 Å². The van der Waals surface area contributed by atoms with Gasteiger partial charge in [0.25, 0.3) is 5.91 Å². The number of carbonyl (C=O) groups is 1. The Morgan fingerprint density at radius 2 is 2.00 bits per heavy atom. The zero-order valence-electron chi connectivity index (χ0n) is 16.7. The average Bonchev–Trinajstić information content (AvgIpc) is 3.27. The third-order valence-electron chi connectivity index (χ3n) is 4.80. The third-order valence-corrected chi connectivity index (χ3v) is 6.31. The lowest BCUT2D eigenvalue weighted by Crippen LogP contribution is -2.14. The number of hydrogen-bond acceptors (Lipinski definition) is 4. The number of aromatic nitrogens is 2. The van der Waals surface area contributed by atoms with Crippen LogP contribution in [0.4, 0.5) is 14.5 Å². The van der Waals surface area contributed by atoms with Gasteiger partial charge >= 0.3 is 6.61 Å². The predicted octanol–water partition coefficient (Wildman–Crippen LogP) is 6.27. The van der Waals surface area contributed by atoms with Crippen molar-refractivity contribution in [2.45, 2.75) is 27.0 Å². The van der Waals surface area contributed by atoms with Crippen LogP contribution in [-0.4, -0.2) is 22.3 Å². The molecule has 2 aromatic heterocycles. The quantitative estimate of drug-likeness (QED) is 0.368. The zero-order chi connectivity index (χ0) is 22.1. The Labute approximate surface area is 186 Å². The average molecular weight is 462 g/mol. The van der Waals surface area contributed by atoms with Crippen LogP contribution < -0.4 is 10.1 Å². The minimum atomic E-state index is -2.99. The zero-order valence-corrected chi connectivity index (χ0v) is 18.2. The van der Waals surface area contributed by atoms with Crippen molar-refractivity contribution in [1.29, 1.82) is 0 Å². The van der Waals surface area contributed by atoms with Gasteiger partial charge < -0.3 is 10.1 Å². The second-order valence-corrected chi connectivity index (χ2v) is 8.38. The van der Waals surface area contributed by atoms with Gasteiger partial charge in [-0.15, -0.1) is 11.3 Å². The Kier molecular flexibility index (Phi) is 5.93. The summed E-state index contributed by atoms with van der Waals surface area (Å²) in [6, 6.07) is 14.0. The van der Waals surface area contributed by atoms with Gasteiger partial charge in [-0.1, -0.05) is 41.9 Å². The predicted molar refractivity (Wildman–Crippen MR) is 119 cm³/mol. The number of para-hydroxylation sites is 1. The summed E-state index contributed by atoms with van der Waals surface area (Å²) >= 11 is 7.56. The van der Waals surface area contributed by atoms with Crippen molar-refractivity contribution in [1.82, 2.24) is 9.78 Å². The van der Waals surface area contributed by atoms with E-state index in [-0.39, 0.29) is 11.4 Å². The summed E-state index contributed by atoms with van der Waals surface area (Å²) in [6.07, 6.45) is 0. The fraction of sp³-hybridized carbons (Fsp3) is 0.182. The molecule has 160 valence electrons. The number of ether oxygens (including phenoxy) is 1. The highest BCUT2D eigenvalue weighted by Gasteiger charge is 2.20. The minimum absolute atomic E-state index is 0.0782. The van der Waals surface area contributed by atoms with Crippen molar-refractivity contribution in [3.63, 3.8) is 0 Å². The van der Waals surface area contributed by atoms with Crippen LogP contribution in [0.5, 0.6) is 5.75 Å². The number of thiophene rings is 1. The van der Waals surface area contributed by atoms with E-state index in [1.807, 2.05) is 35.9 Å². The molecular weight excluding hydrogens is 444 g/mol. The molecule has 2 heterocycles. The first-order valence-electron chi connectivity index (χ1n) is 9.39. The minimum Gasteiger partial charge on any atom is -0.433 e. The molecule has 5 nitrogen and oxygen atoms in total. The molecule has 2 aromatic carbocycles. The van der Waals surface area contributed by atoms with Crippen LogP contribution in [0.2, 0.25) is 5.02 Å². The number of anilines is 1. The van der Waals surface area contributed by atoms with Crippen LogP contribution in [0.15, 0.2) is 48.5 Å². The van der Waals surface area contributed by atoms with Crippen LogP contribution in [0, 0.1) is 13.8 Å². The first-order valence-corrected chi connectivity index (χ1v) is 10.6. The lowest BCUT2D eigenvalue weighted by Gasteiger charge is -2.13. The summed E-state index contributed by atoms with van der Waals surface area (Å²) in [6.45, 7) is 1.07. The van der Waals surface area contributed by atoms with Crippen LogP contribution in [0.3, 0.4) is 0 Å². The molecule has 0 radical (unpaired) electrons. The van der Waals surface area contributed by atoms with E-state index in [0.29, 0.717) is 22.0 Å². The van der Waals surface area contributed by atoms with Crippen molar-refractivity contribution in [2.75, 3.05) is 5.32 Å². The summed E-state index contributed by atoms with van der Waals surface area (Å²) in [4.78, 5) is 14.2. The number of amides is 1. The molecule has 1 amide bonds. The maximum Gasteiger partial charge on any atom is 0.387 e. The van der Waals surface area contributed by atoms with Crippen molar-refractivity contribution in [2.24, 2.45) is 0 Å². The van der Waals surface area contributed by atoms with E-state index < -0.39 is 12.5 Å². The number of aryl methyl sites for hydroxylation is 2. The highest BCUT2D eigenvalue weighted by Crippen LogP contribution is 2.33. The molecule has 0 aliphatic heterocycles. The number of nitrogens with one attached hydrogen (secondary N) is 1.